The molecule has 1 heterocycles. The van der Waals surface area contributed by atoms with Gasteiger partial charge in [-0.3, -0.25) is 9.78 Å². The molecule has 0 atom stereocenters. The van der Waals surface area contributed by atoms with Crippen molar-refractivity contribution >= 4 is 32.8 Å². The van der Waals surface area contributed by atoms with Crippen LogP contribution in [-0.2, 0) is 14.3 Å². The highest BCUT2D eigenvalue weighted by atomic mass is 79.9. The fraction of sp³-hybridized carbons (Fsp3) is 0.444. The normalized spacial score (nSPS) is 22.9. The predicted molar refractivity (Wildman–Crippen MR) is 94.0 cm³/mol. The molecule has 2 aromatic rings. The number of esters is 1. The van der Waals surface area contributed by atoms with E-state index in [2.05, 4.69) is 20.9 Å². The van der Waals surface area contributed by atoms with Gasteiger partial charge in [-0.2, -0.15) is 0 Å². The molecule has 3 rings (SSSR count). The minimum absolute atomic E-state index is 0.105. The second-order valence-electron chi connectivity index (χ2n) is 6.31. The first-order chi connectivity index (χ1) is 11.5. The van der Waals surface area contributed by atoms with E-state index in [-0.39, 0.29) is 12.1 Å². The first-order valence-electron chi connectivity index (χ1n) is 7.88. The molecule has 0 aliphatic heterocycles. The smallest absolute Gasteiger partial charge is 0.311 e. The molecule has 0 N–H and O–H groups in total. The van der Waals surface area contributed by atoms with Gasteiger partial charge in [0.25, 0.3) is 0 Å². The van der Waals surface area contributed by atoms with E-state index in [4.69, 9.17) is 14.2 Å². The SMILES string of the molecule is COC(=O)C1(C)CC(OCCOc2ccc3cc(Br)cnc3c2)C1. The Morgan fingerprint density at radius 1 is 1.33 bits per heavy atom. The Balaban J connectivity index is 1.43. The third-order valence-electron chi connectivity index (χ3n) is 4.36. The fourth-order valence-corrected chi connectivity index (χ4v) is 3.36. The van der Waals surface area contributed by atoms with Gasteiger partial charge in [-0.25, -0.2) is 0 Å². The van der Waals surface area contributed by atoms with Gasteiger partial charge in [-0.05, 0) is 53.9 Å². The quantitative estimate of drug-likeness (QED) is 0.552. The van der Waals surface area contributed by atoms with E-state index in [1.807, 2.05) is 31.2 Å². The summed E-state index contributed by atoms with van der Waals surface area (Å²) in [4.78, 5) is 16.0. The maximum absolute atomic E-state index is 11.6. The van der Waals surface area contributed by atoms with Crippen LogP contribution in [0, 0.1) is 5.41 Å². The number of methoxy groups -OCH3 is 1. The lowest BCUT2D eigenvalue weighted by Gasteiger charge is -2.42. The predicted octanol–water partition coefficient (Wildman–Crippen LogP) is 3.73. The van der Waals surface area contributed by atoms with Crippen molar-refractivity contribution in [2.75, 3.05) is 20.3 Å². The molecule has 128 valence electrons. The molecular weight excluding hydrogens is 374 g/mol. The molecule has 24 heavy (non-hydrogen) atoms. The van der Waals surface area contributed by atoms with Crippen LogP contribution in [0.3, 0.4) is 0 Å². The van der Waals surface area contributed by atoms with Crippen LogP contribution in [0.2, 0.25) is 0 Å². The molecule has 0 radical (unpaired) electrons. The van der Waals surface area contributed by atoms with Crippen LogP contribution in [0.25, 0.3) is 10.9 Å². The lowest BCUT2D eigenvalue weighted by atomic mass is 9.68. The Morgan fingerprint density at radius 2 is 2.12 bits per heavy atom. The third kappa shape index (κ3) is 3.70. The van der Waals surface area contributed by atoms with Crippen molar-refractivity contribution in [3.05, 3.63) is 34.9 Å². The van der Waals surface area contributed by atoms with E-state index >= 15 is 0 Å². The van der Waals surface area contributed by atoms with E-state index in [1.54, 1.807) is 6.20 Å². The number of pyridine rings is 1. The summed E-state index contributed by atoms with van der Waals surface area (Å²) in [6, 6.07) is 7.84. The van der Waals surface area contributed by atoms with E-state index in [9.17, 15) is 4.79 Å². The number of halogens is 1. The summed E-state index contributed by atoms with van der Waals surface area (Å²) >= 11 is 3.41. The van der Waals surface area contributed by atoms with Crippen molar-refractivity contribution in [2.24, 2.45) is 5.41 Å². The Bertz CT molecular complexity index is 743. The number of carbonyl (C=O) groups is 1. The first kappa shape index (κ1) is 17.2. The largest absolute Gasteiger partial charge is 0.491 e. The zero-order chi connectivity index (χ0) is 17.2. The summed E-state index contributed by atoms with van der Waals surface area (Å²) in [6.45, 7) is 2.87. The van der Waals surface area contributed by atoms with Gasteiger partial charge in [0.1, 0.15) is 12.4 Å². The minimum atomic E-state index is -0.390. The lowest BCUT2D eigenvalue weighted by molar-refractivity contribution is -0.168. The Kier molecular flexibility index (Phi) is 5.06. The molecule has 6 heteroatoms. The molecule has 1 aromatic heterocycles. The van der Waals surface area contributed by atoms with Gasteiger partial charge in [0.2, 0.25) is 0 Å². The van der Waals surface area contributed by atoms with Crippen LogP contribution >= 0.6 is 15.9 Å². The van der Waals surface area contributed by atoms with Crippen LogP contribution in [-0.4, -0.2) is 37.4 Å². The van der Waals surface area contributed by atoms with Gasteiger partial charge < -0.3 is 14.2 Å². The van der Waals surface area contributed by atoms with Crippen LogP contribution in [0.4, 0.5) is 0 Å². The number of hydrogen-bond acceptors (Lipinski definition) is 5. The van der Waals surface area contributed by atoms with Gasteiger partial charge in [-0.1, -0.05) is 0 Å². The zero-order valence-electron chi connectivity index (χ0n) is 13.8. The van der Waals surface area contributed by atoms with Crippen molar-refractivity contribution in [2.45, 2.75) is 25.9 Å². The van der Waals surface area contributed by atoms with Gasteiger partial charge >= 0.3 is 5.97 Å². The maximum Gasteiger partial charge on any atom is 0.311 e. The molecule has 1 aliphatic carbocycles. The standard InChI is InChI=1S/C18H20BrNO4/c1-18(17(21)22-2)9-15(10-18)24-6-5-23-14-4-3-12-7-13(19)11-20-16(12)8-14/h3-4,7-8,11,15H,5-6,9-10H2,1-2H3. The van der Waals surface area contributed by atoms with E-state index in [0.717, 1.165) is 21.1 Å². The molecule has 1 saturated carbocycles. The first-order valence-corrected chi connectivity index (χ1v) is 8.68. The van der Waals surface area contributed by atoms with Crippen LogP contribution in [0.15, 0.2) is 34.9 Å². The molecule has 0 bridgehead atoms. The van der Waals surface area contributed by atoms with Gasteiger partial charge in [0, 0.05) is 22.1 Å². The van der Waals surface area contributed by atoms with Crippen molar-refractivity contribution in [3.8, 4) is 5.75 Å². The average molecular weight is 394 g/mol. The highest BCUT2D eigenvalue weighted by Gasteiger charge is 2.47. The molecule has 1 fully saturated rings. The lowest BCUT2D eigenvalue weighted by Crippen LogP contribution is -2.46. The summed E-state index contributed by atoms with van der Waals surface area (Å²) in [5.41, 5.74) is 0.503. The van der Waals surface area contributed by atoms with Crippen molar-refractivity contribution in [1.29, 1.82) is 0 Å². The van der Waals surface area contributed by atoms with Gasteiger partial charge in [0.05, 0.1) is 30.8 Å². The molecule has 0 spiro atoms. The van der Waals surface area contributed by atoms with Crippen LogP contribution in [0.1, 0.15) is 19.8 Å². The van der Waals surface area contributed by atoms with Gasteiger partial charge in [0.15, 0.2) is 0 Å². The van der Waals surface area contributed by atoms with Crippen LogP contribution in [0.5, 0.6) is 5.75 Å². The van der Waals surface area contributed by atoms with Gasteiger partial charge in [-0.15, -0.1) is 0 Å². The second-order valence-corrected chi connectivity index (χ2v) is 7.23. The molecular formula is C18H20BrNO4. The Morgan fingerprint density at radius 3 is 2.88 bits per heavy atom. The minimum Gasteiger partial charge on any atom is -0.491 e. The molecule has 5 nitrogen and oxygen atoms in total. The summed E-state index contributed by atoms with van der Waals surface area (Å²) in [6.07, 6.45) is 3.28. The molecule has 0 saturated heterocycles. The zero-order valence-corrected chi connectivity index (χ0v) is 15.3. The number of fused-ring (bicyclic) bond motifs is 1. The van der Waals surface area contributed by atoms with E-state index < -0.39 is 5.41 Å². The number of hydrogen-bond donors (Lipinski definition) is 0. The number of aromatic nitrogens is 1. The monoisotopic (exact) mass is 393 g/mol. The van der Waals surface area contributed by atoms with Crippen molar-refractivity contribution < 1.29 is 19.0 Å². The molecule has 0 amide bonds. The highest BCUT2D eigenvalue weighted by molar-refractivity contribution is 9.10. The summed E-state index contributed by atoms with van der Waals surface area (Å²) in [5, 5.41) is 1.06. The number of nitrogens with zero attached hydrogens (tertiary/aromatic N) is 1. The number of carbonyl (C=O) groups excluding carboxylic acids is 1. The van der Waals surface area contributed by atoms with Crippen molar-refractivity contribution in [1.82, 2.24) is 4.98 Å². The number of ether oxygens (including phenoxy) is 3. The number of benzene rings is 1. The summed E-state index contributed by atoms with van der Waals surface area (Å²) in [7, 11) is 1.42. The average Bonchev–Trinajstić information content (AvgIpc) is 2.55. The van der Waals surface area contributed by atoms with E-state index in [0.29, 0.717) is 26.1 Å². The molecule has 1 aromatic carbocycles. The van der Waals surface area contributed by atoms with Crippen molar-refractivity contribution in [3.63, 3.8) is 0 Å². The highest BCUT2D eigenvalue weighted by Crippen LogP contribution is 2.43. The summed E-state index contributed by atoms with van der Waals surface area (Å²) in [5.74, 6) is 0.614. The maximum atomic E-state index is 11.6. The van der Waals surface area contributed by atoms with E-state index in [1.165, 1.54) is 7.11 Å². The molecule has 1 aliphatic rings. The topological polar surface area (TPSA) is 57.7 Å². The Hall–Kier alpha value is -1.66. The summed E-state index contributed by atoms with van der Waals surface area (Å²) < 4.78 is 17.2. The second kappa shape index (κ2) is 7.07. The third-order valence-corrected chi connectivity index (χ3v) is 4.80. The number of rotatable bonds is 6. The molecule has 0 unspecified atom stereocenters. The Labute approximate surface area is 149 Å². The van der Waals surface area contributed by atoms with Crippen LogP contribution < -0.4 is 4.74 Å². The fourth-order valence-electron chi connectivity index (χ4n) is 3.01.